The summed E-state index contributed by atoms with van der Waals surface area (Å²) in [6.07, 6.45) is 0.663. The molecule has 0 radical (unpaired) electrons. The quantitative estimate of drug-likeness (QED) is 0.454. The van der Waals surface area contributed by atoms with Gasteiger partial charge in [-0.1, -0.05) is 24.3 Å². The molecular weight excluding hydrogens is 511 g/mol. The van der Waals surface area contributed by atoms with Crippen molar-refractivity contribution < 1.29 is 22.0 Å². The van der Waals surface area contributed by atoms with Gasteiger partial charge in [0.05, 0.1) is 5.69 Å². The molecule has 7 rings (SSSR count). The van der Waals surface area contributed by atoms with E-state index in [1.807, 2.05) is 13.1 Å². The van der Waals surface area contributed by atoms with Crippen molar-refractivity contribution in [2.45, 2.75) is 43.8 Å². The molecule has 3 unspecified atom stereocenters. The Labute approximate surface area is 213 Å². The normalized spacial score (nSPS) is 32.3. The van der Waals surface area contributed by atoms with E-state index < -0.39 is 17.7 Å². The average Bonchev–Trinajstić information content (AvgIpc) is 3.34. The lowest BCUT2D eigenvalue weighted by atomic mass is 9.98. The Morgan fingerprint density at radius 1 is 1.08 bits per heavy atom. The summed E-state index contributed by atoms with van der Waals surface area (Å²) in [5, 5.41) is 3.02. The van der Waals surface area contributed by atoms with Crippen LogP contribution in [0.3, 0.4) is 0 Å². The third-order valence-electron chi connectivity index (χ3n) is 8.10. The topological polar surface area (TPSA) is 46.8 Å². The van der Waals surface area contributed by atoms with Gasteiger partial charge >= 0.3 is 12.1 Å². The summed E-state index contributed by atoms with van der Waals surface area (Å²) >= 11 is 1.55. The van der Waals surface area contributed by atoms with E-state index in [0.717, 1.165) is 37.3 Å². The molecule has 37 heavy (non-hydrogen) atoms. The van der Waals surface area contributed by atoms with E-state index in [0.29, 0.717) is 40.9 Å². The summed E-state index contributed by atoms with van der Waals surface area (Å²) in [5.41, 5.74) is 4.56. The standard InChI is InChI=1S/C25H23F5N6S/c1-13-9-20(37-33-13)34-11-15-10-19-21(18(15)12-34)36(19)23-31-22-17(3-2-8-35(22)32-23)14-4-6-16(7-5-14)24(26,27)25(28,29)30/h2-9,15,18-19,21,23,32H,10-12H2,1H3/t15?,18-,19-,21+,23?,36?/m1/s1. The zero-order chi connectivity index (χ0) is 25.7. The number of halogens is 5. The Kier molecular flexibility index (Phi) is 4.94. The number of hydrogen-bond acceptors (Lipinski definition) is 7. The predicted molar refractivity (Wildman–Crippen MR) is 130 cm³/mol. The molecule has 194 valence electrons. The summed E-state index contributed by atoms with van der Waals surface area (Å²) in [4.78, 5) is 9.74. The van der Waals surface area contributed by atoms with Crippen molar-refractivity contribution in [2.75, 3.05) is 18.0 Å². The number of nitrogens with zero attached hydrogens (tertiary/aromatic N) is 5. The van der Waals surface area contributed by atoms with Crippen LogP contribution >= 0.6 is 11.5 Å². The van der Waals surface area contributed by atoms with Gasteiger partial charge in [0.2, 0.25) is 0 Å². The highest BCUT2D eigenvalue weighted by molar-refractivity contribution is 7.10. The summed E-state index contributed by atoms with van der Waals surface area (Å²) < 4.78 is 70.1. The molecule has 2 saturated heterocycles. The van der Waals surface area contributed by atoms with Crippen LogP contribution in [0.15, 0.2) is 53.7 Å². The monoisotopic (exact) mass is 534 g/mol. The number of anilines is 1. The molecule has 12 heteroatoms. The van der Waals surface area contributed by atoms with Crippen LogP contribution in [-0.4, -0.2) is 57.8 Å². The zero-order valence-corrected chi connectivity index (χ0v) is 20.5. The highest BCUT2D eigenvalue weighted by Gasteiger charge is 2.65. The largest absolute Gasteiger partial charge is 0.458 e. The van der Waals surface area contributed by atoms with Gasteiger partial charge in [0.1, 0.15) is 5.00 Å². The molecular formula is C25H23F5N6S. The molecule has 6 atom stereocenters. The second-order valence-electron chi connectivity index (χ2n) is 10.3. The summed E-state index contributed by atoms with van der Waals surface area (Å²) in [6, 6.07) is 7.32. The number of aromatic nitrogens is 1. The lowest BCUT2D eigenvalue weighted by Crippen LogP contribution is -2.42. The molecule has 0 spiro atoms. The maximum absolute atomic E-state index is 13.7. The Balaban J connectivity index is 1.07. The van der Waals surface area contributed by atoms with Crippen LogP contribution < -0.4 is 10.3 Å². The van der Waals surface area contributed by atoms with Crippen molar-refractivity contribution in [1.82, 2.24) is 19.7 Å². The van der Waals surface area contributed by atoms with Gasteiger partial charge in [0, 0.05) is 42.5 Å². The number of piperidine rings is 1. The van der Waals surface area contributed by atoms with Crippen LogP contribution in [0.25, 0.3) is 5.57 Å². The van der Waals surface area contributed by atoms with Gasteiger partial charge in [-0.2, -0.15) is 31.8 Å². The van der Waals surface area contributed by atoms with Crippen LogP contribution in [0.4, 0.5) is 27.0 Å². The molecule has 1 aliphatic carbocycles. The highest BCUT2D eigenvalue weighted by Crippen LogP contribution is 2.54. The number of rotatable bonds is 4. The molecule has 4 aliphatic heterocycles. The zero-order valence-electron chi connectivity index (χ0n) is 19.7. The molecule has 3 fully saturated rings. The molecule has 5 aliphatic rings. The summed E-state index contributed by atoms with van der Waals surface area (Å²) in [5.74, 6) is -3.05. The molecule has 0 bridgehead atoms. The van der Waals surface area contributed by atoms with E-state index in [2.05, 4.69) is 25.7 Å². The second kappa shape index (κ2) is 7.84. The molecule has 5 heterocycles. The predicted octanol–water partition coefficient (Wildman–Crippen LogP) is 4.73. The number of aliphatic imine (C=N–C) groups is 1. The Morgan fingerprint density at radius 3 is 2.57 bits per heavy atom. The van der Waals surface area contributed by atoms with E-state index in [4.69, 9.17) is 4.99 Å². The van der Waals surface area contributed by atoms with Crippen LogP contribution in [-0.2, 0) is 5.92 Å². The lowest BCUT2D eigenvalue weighted by molar-refractivity contribution is -0.289. The first-order valence-corrected chi connectivity index (χ1v) is 12.9. The smallest absolute Gasteiger partial charge is 0.362 e. The fraction of sp³-hybridized carbons (Fsp3) is 0.440. The van der Waals surface area contributed by atoms with Gasteiger partial charge in [-0.05, 0) is 60.5 Å². The number of allylic oxidation sites excluding steroid dienone is 2. The average molecular weight is 535 g/mol. The third kappa shape index (κ3) is 3.56. The van der Waals surface area contributed by atoms with Gasteiger partial charge in [-0.25, -0.2) is 4.99 Å². The van der Waals surface area contributed by atoms with Gasteiger partial charge in [0.25, 0.3) is 0 Å². The Bertz CT molecular complexity index is 1330. The van der Waals surface area contributed by atoms with Crippen LogP contribution in [0.1, 0.15) is 23.2 Å². The first-order chi connectivity index (χ1) is 17.6. The molecule has 1 N–H and O–H groups in total. The number of aryl methyl sites for hydroxylation is 1. The SMILES string of the molecule is Cc1cc(N2CC3C[C@@H]4[C@H]([C@@H]3C2)N4C2N=C3C(c4ccc(C(F)(F)C(F)(F)F)cc4)=CC=CN3N2)sn1. The third-order valence-corrected chi connectivity index (χ3v) is 9.04. The van der Waals surface area contributed by atoms with Crippen molar-refractivity contribution in [1.29, 1.82) is 0 Å². The number of hydrogen-bond donors (Lipinski definition) is 1. The lowest BCUT2D eigenvalue weighted by Gasteiger charge is -2.24. The number of likely N-dealkylation sites (tertiary alicyclic amines) is 1. The van der Waals surface area contributed by atoms with Gasteiger partial charge in [-0.3, -0.25) is 9.91 Å². The van der Waals surface area contributed by atoms with Crippen LogP contribution in [0, 0.1) is 18.8 Å². The summed E-state index contributed by atoms with van der Waals surface area (Å²) in [7, 11) is 0. The fourth-order valence-electron chi connectivity index (χ4n) is 6.34. The number of amidine groups is 1. The van der Waals surface area contributed by atoms with Crippen molar-refractivity contribution in [2.24, 2.45) is 16.8 Å². The fourth-order valence-corrected chi connectivity index (χ4v) is 7.12. The van der Waals surface area contributed by atoms with Crippen LogP contribution in [0.5, 0.6) is 0 Å². The van der Waals surface area contributed by atoms with Gasteiger partial charge in [-0.15, -0.1) is 0 Å². The van der Waals surface area contributed by atoms with Crippen molar-refractivity contribution >= 4 is 27.9 Å². The van der Waals surface area contributed by atoms with Crippen molar-refractivity contribution in [3.63, 3.8) is 0 Å². The molecule has 6 nitrogen and oxygen atoms in total. The molecule has 1 saturated carbocycles. The van der Waals surface area contributed by atoms with E-state index in [1.54, 1.807) is 28.7 Å². The van der Waals surface area contributed by atoms with E-state index in [9.17, 15) is 22.0 Å². The number of benzene rings is 1. The maximum Gasteiger partial charge on any atom is 0.458 e. The minimum absolute atomic E-state index is 0.245. The summed E-state index contributed by atoms with van der Waals surface area (Å²) in [6.45, 7) is 4.08. The Hall–Kier alpha value is -2.83. The van der Waals surface area contributed by atoms with Crippen LogP contribution in [0.2, 0.25) is 0 Å². The highest BCUT2D eigenvalue weighted by atomic mass is 32.1. The minimum atomic E-state index is -5.64. The van der Waals surface area contributed by atoms with Crippen molar-refractivity contribution in [3.05, 3.63) is 65.5 Å². The second-order valence-corrected chi connectivity index (χ2v) is 11.1. The maximum atomic E-state index is 13.7. The first kappa shape index (κ1) is 23.3. The number of alkyl halides is 5. The molecule has 1 aromatic carbocycles. The Morgan fingerprint density at radius 2 is 1.86 bits per heavy atom. The van der Waals surface area contributed by atoms with E-state index in [1.165, 1.54) is 17.1 Å². The number of fused-ring (bicyclic) bond motifs is 4. The number of hydrazine groups is 1. The first-order valence-electron chi connectivity index (χ1n) is 12.1. The van der Waals surface area contributed by atoms with Crippen molar-refractivity contribution in [3.8, 4) is 0 Å². The number of nitrogens with one attached hydrogen (secondary N) is 1. The van der Waals surface area contributed by atoms with Gasteiger partial charge in [0.15, 0.2) is 12.1 Å². The minimum Gasteiger partial charge on any atom is -0.362 e. The molecule has 0 amide bonds. The molecule has 1 aromatic heterocycles. The van der Waals surface area contributed by atoms with Gasteiger partial charge < -0.3 is 4.90 Å². The van der Waals surface area contributed by atoms with E-state index in [-0.39, 0.29) is 6.29 Å². The molecule has 2 aromatic rings. The van der Waals surface area contributed by atoms with E-state index >= 15 is 0 Å².